The molecular weight excluding hydrogens is 202 g/mol. The summed E-state index contributed by atoms with van der Waals surface area (Å²) in [5, 5.41) is 14.7. The van der Waals surface area contributed by atoms with Gasteiger partial charge in [-0.3, -0.25) is 9.42 Å². The van der Waals surface area contributed by atoms with E-state index in [1.807, 2.05) is 0 Å². The smallest absolute Gasteiger partial charge is 0.309 e. The molecule has 2 heterocycles. The van der Waals surface area contributed by atoms with Gasteiger partial charge in [0.1, 0.15) is 0 Å². The van der Waals surface area contributed by atoms with Crippen LogP contribution in [0.3, 0.4) is 0 Å². The van der Waals surface area contributed by atoms with Crippen molar-refractivity contribution in [3.8, 4) is 0 Å². The lowest BCUT2D eigenvalue weighted by Gasteiger charge is -1.97. The van der Waals surface area contributed by atoms with Crippen molar-refractivity contribution < 1.29 is 19.1 Å². The Balaban J connectivity index is 2.38. The zero-order chi connectivity index (χ0) is 10.8. The maximum atomic E-state index is 11.1. The predicted molar refractivity (Wildman–Crippen MR) is 47.0 cm³/mol. The highest BCUT2D eigenvalue weighted by Crippen LogP contribution is 2.11. The molecule has 0 fully saturated rings. The molecule has 7 nitrogen and oxygen atoms in total. The largest absolute Gasteiger partial charge is 0.403 e. The summed E-state index contributed by atoms with van der Waals surface area (Å²) in [5.41, 5.74) is 0.574. The van der Waals surface area contributed by atoms with E-state index in [2.05, 4.69) is 14.8 Å². The Bertz CT molecular complexity index is 424. The number of hydrogen-bond acceptors (Lipinski definition) is 6. The molecule has 80 valence electrons. The highest BCUT2D eigenvalue weighted by atomic mass is 16.8. The number of fused-ring (bicyclic) bond motifs is 1. The fourth-order valence-electron chi connectivity index (χ4n) is 1.36. The average Bonchev–Trinajstić information content (AvgIpc) is 2.42. The minimum atomic E-state index is -0.498. The van der Waals surface area contributed by atoms with Gasteiger partial charge in [0, 0.05) is 19.9 Å². The SMILES string of the molecule is CC(=O)OC1=NCCCc2c1no[n+]2[O-]. The maximum absolute atomic E-state index is 11.1. The van der Waals surface area contributed by atoms with E-state index in [-0.39, 0.29) is 11.6 Å². The quantitative estimate of drug-likeness (QED) is 0.428. The molecule has 0 radical (unpaired) electrons. The molecule has 7 heteroatoms. The summed E-state index contributed by atoms with van der Waals surface area (Å²) in [6.45, 7) is 1.76. The van der Waals surface area contributed by atoms with Gasteiger partial charge in [-0.25, -0.2) is 4.99 Å². The van der Waals surface area contributed by atoms with Crippen LogP contribution < -0.4 is 4.90 Å². The topological polar surface area (TPSA) is 91.6 Å². The fourth-order valence-corrected chi connectivity index (χ4v) is 1.36. The van der Waals surface area contributed by atoms with Gasteiger partial charge in [0.05, 0.1) is 5.16 Å². The molecule has 0 aliphatic carbocycles. The summed E-state index contributed by atoms with van der Waals surface area (Å²) < 4.78 is 9.27. The number of ether oxygens (including phenoxy) is 1. The number of nitrogens with zero attached hydrogens (tertiary/aromatic N) is 3. The zero-order valence-corrected chi connectivity index (χ0v) is 8.10. The van der Waals surface area contributed by atoms with Crippen molar-refractivity contribution in [2.24, 2.45) is 4.99 Å². The molecule has 0 amide bonds. The molecule has 2 rings (SSSR count). The number of rotatable bonds is 0. The molecule has 0 aromatic carbocycles. The Morgan fingerprint density at radius 2 is 2.47 bits per heavy atom. The molecule has 0 N–H and O–H groups in total. The number of aliphatic imine (C=N–C) groups is 1. The van der Waals surface area contributed by atoms with Gasteiger partial charge in [0.15, 0.2) is 0 Å². The van der Waals surface area contributed by atoms with E-state index in [0.29, 0.717) is 30.0 Å². The van der Waals surface area contributed by atoms with E-state index in [9.17, 15) is 10.0 Å². The van der Waals surface area contributed by atoms with Crippen LogP contribution in [0.25, 0.3) is 0 Å². The highest BCUT2D eigenvalue weighted by Gasteiger charge is 2.28. The first-order valence-electron chi connectivity index (χ1n) is 4.50. The van der Waals surface area contributed by atoms with Gasteiger partial charge in [-0.15, -0.1) is 0 Å². The van der Waals surface area contributed by atoms with Crippen molar-refractivity contribution in [1.82, 2.24) is 5.16 Å². The standard InChI is InChI=1S/C8H9N3O4/c1-5(12)14-8-7-6(3-2-4-9-8)11(13)15-10-7/h2-4H2,1H3. The number of aromatic nitrogens is 2. The number of carbonyl (C=O) groups excluding carboxylic acids is 1. The second-order valence-corrected chi connectivity index (χ2v) is 3.11. The fraction of sp³-hybridized carbons (Fsp3) is 0.500. The first kappa shape index (κ1) is 9.63. The third-order valence-corrected chi connectivity index (χ3v) is 1.97. The second-order valence-electron chi connectivity index (χ2n) is 3.11. The van der Waals surface area contributed by atoms with Crippen LogP contribution in [0.4, 0.5) is 0 Å². The van der Waals surface area contributed by atoms with E-state index in [0.717, 1.165) is 0 Å². The van der Waals surface area contributed by atoms with Crippen LogP contribution in [0, 0.1) is 5.21 Å². The Labute approximate surface area is 84.9 Å². The molecule has 0 saturated heterocycles. The zero-order valence-electron chi connectivity index (χ0n) is 8.10. The Hall–Kier alpha value is -1.92. The summed E-state index contributed by atoms with van der Waals surface area (Å²) >= 11 is 0. The third-order valence-electron chi connectivity index (χ3n) is 1.97. The average molecular weight is 211 g/mol. The van der Waals surface area contributed by atoms with E-state index in [1.165, 1.54) is 6.92 Å². The maximum Gasteiger partial charge on any atom is 0.309 e. The van der Waals surface area contributed by atoms with Crippen LogP contribution in [0.2, 0.25) is 0 Å². The molecule has 0 saturated carbocycles. The molecule has 1 aromatic heterocycles. The first-order valence-corrected chi connectivity index (χ1v) is 4.50. The number of carbonyl (C=O) groups is 1. The van der Waals surface area contributed by atoms with Crippen LogP contribution in [0.15, 0.2) is 9.62 Å². The van der Waals surface area contributed by atoms with Gasteiger partial charge < -0.3 is 9.94 Å². The molecule has 0 bridgehead atoms. The molecule has 0 spiro atoms. The minimum absolute atomic E-state index is 0.0633. The van der Waals surface area contributed by atoms with Crippen molar-refractivity contribution >= 4 is 11.9 Å². The van der Waals surface area contributed by atoms with Crippen LogP contribution >= 0.6 is 0 Å². The molecule has 0 unspecified atom stereocenters. The Morgan fingerprint density at radius 1 is 1.67 bits per heavy atom. The van der Waals surface area contributed by atoms with Gasteiger partial charge in [-0.05, 0) is 11.3 Å². The molecule has 1 aliphatic rings. The molecule has 0 atom stereocenters. The lowest BCUT2D eigenvalue weighted by Crippen LogP contribution is -2.29. The molecular formula is C8H9N3O4. The van der Waals surface area contributed by atoms with Crippen LogP contribution in [-0.2, 0) is 16.0 Å². The van der Waals surface area contributed by atoms with E-state index < -0.39 is 5.97 Å². The van der Waals surface area contributed by atoms with E-state index >= 15 is 0 Å². The lowest BCUT2D eigenvalue weighted by molar-refractivity contribution is -0.807. The van der Waals surface area contributed by atoms with Crippen molar-refractivity contribution in [1.29, 1.82) is 0 Å². The first-order chi connectivity index (χ1) is 7.18. The Morgan fingerprint density at radius 3 is 3.20 bits per heavy atom. The van der Waals surface area contributed by atoms with Crippen molar-refractivity contribution in [2.45, 2.75) is 19.8 Å². The Kier molecular flexibility index (Phi) is 2.36. The third kappa shape index (κ3) is 1.80. The van der Waals surface area contributed by atoms with Crippen LogP contribution in [0.5, 0.6) is 0 Å². The van der Waals surface area contributed by atoms with Crippen molar-refractivity contribution in [3.63, 3.8) is 0 Å². The van der Waals surface area contributed by atoms with Gasteiger partial charge in [0.2, 0.25) is 5.69 Å². The number of esters is 1. The molecule has 1 aliphatic heterocycles. The van der Waals surface area contributed by atoms with E-state index in [1.54, 1.807) is 0 Å². The summed E-state index contributed by atoms with van der Waals surface area (Å²) in [6, 6.07) is 0. The van der Waals surface area contributed by atoms with E-state index in [4.69, 9.17) is 4.74 Å². The van der Waals surface area contributed by atoms with Gasteiger partial charge in [-0.1, -0.05) is 0 Å². The second kappa shape index (κ2) is 3.68. The molecule has 1 aromatic rings. The summed E-state index contributed by atoms with van der Waals surface area (Å²) in [4.78, 5) is 15.1. The number of hydrogen-bond donors (Lipinski definition) is 0. The highest BCUT2D eigenvalue weighted by molar-refractivity contribution is 5.99. The summed E-state index contributed by atoms with van der Waals surface area (Å²) in [5.74, 6) is -0.435. The molecule has 15 heavy (non-hydrogen) atoms. The van der Waals surface area contributed by atoms with Gasteiger partial charge in [-0.2, -0.15) is 0 Å². The van der Waals surface area contributed by atoms with Gasteiger partial charge in [0.25, 0.3) is 5.90 Å². The van der Waals surface area contributed by atoms with Crippen LogP contribution in [0.1, 0.15) is 24.7 Å². The van der Waals surface area contributed by atoms with Crippen molar-refractivity contribution in [3.05, 3.63) is 16.6 Å². The summed E-state index contributed by atoms with van der Waals surface area (Å²) in [6.07, 6.45) is 1.21. The predicted octanol–water partition coefficient (Wildman–Crippen LogP) is -0.436. The summed E-state index contributed by atoms with van der Waals surface area (Å²) in [7, 11) is 0. The minimum Gasteiger partial charge on any atom is -0.403 e. The lowest BCUT2D eigenvalue weighted by atomic mass is 10.2. The van der Waals surface area contributed by atoms with Gasteiger partial charge >= 0.3 is 11.7 Å². The van der Waals surface area contributed by atoms with Crippen molar-refractivity contribution in [2.75, 3.05) is 6.54 Å². The monoisotopic (exact) mass is 211 g/mol. The van der Waals surface area contributed by atoms with Crippen LogP contribution in [-0.4, -0.2) is 23.6 Å². The normalized spacial score (nSPS) is 15.1.